The normalized spacial score (nSPS) is 10.2. The molecule has 0 aliphatic carbocycles. The first-order valence-corrected chi connectivity index (χ1v) is 5.88. The number of hydrogen-bond acceptors (Lipinski definition) is 7. The predicted molar refractivity (Wildman–Crippen MR) is 69.8 cm³/mol. The Morgan fingerprint density at radius 2 is 2.11 bits per heavy atom. The van der Waals surface area contributed by atoms with Crippen molar-refractivity contribution in [1.29, 1.82) is 0 Å². The summed E-state index contributed by atoms with van der Waals surface area (Å²) in [5.41, 5.74) is 6.15. The fourth-order valence-electron chi connectivity index (χ4n) is 1.46. The Balaban J connectivity index is 2.41. The lowest BCUT2D eigenvalue weighted by atomic mass is 10.3. The quantitative estimate of drug-likeness (QED) is 0.866. The molecule has 0 bridgehead atoms. The Morgan fingerprint density at radius 3 is 2.84 bits per heavy atom. The van der Waals surface area contributed by atoms with Gasteiger partial charge in [-0.2, -0.15) is 15.0 Å². The fraction of sp³-hybridized carbons (Fsp3) is 0.333. The molecule has 0 unspecified atom stereocenters. The third-order valence-electron chi connectivity index (χ3n) is 2.27. The Hall–Kier alpha value is -2.44. The van der Waals surface area contributed by atoms with Crippen molar-refractivity contribution in [3.63, 3.8) is 0 Å². The van der Waals surface area contributed by atoms with Crippen molar-refractivity contribution in [2.45, 2.75) is 13.3 Å². The molecule has 2 heterocycles. The van der Waals surface area contributed by atoms with E-state index in [0.29, 0.717) is 23.9 Å². The second kappa shape index (κ2) is 5.94. The first-order chi connectivity index (χ1) is 9.24. The predicted octanol–water partition coefficient (Wildman–Crippen LogP) is 1.31. The van der Waals surface area contributed by atoms with Crippen LogP contribution in [0.25, 0.3) is 11.5 Å². The van der Waals surface area contributed by atoms with Gasteiger partial charge in [-0.1, -0.05) is 6.92 Å². The van der Waals surface area contributed by atoms with Crippen molar-refractivity contribution in [1.82, 2.24) is 19.9 Å². The third kappa shape index (κ3) is 3.06. The van der Waals surface area contributed by atoms with Gasteiger partial charge in [0.05, 0.1) is 13.7 Å². The fourth-order valence-corrected chi connectivity index (χ4v) is 1.46. The highest BCUT2D eigenvalue weighted by Crippen LogP contribution is 2.25. The van der Waals surface area contributed by atoms with E-state index in [4.69, 9.17) is 15.2 Å². The monoisotopic (exact) mass is 261 g/mol. The van der Waals surface area contributed by atoms with Crippen LogP contribution in [0.1, 0.15) is 13.3 Å². The van der Waals surface area contributed by atoms with Gasteiger partial charge < -0.3 is 15.2 Å². The lowest BCUT2D eigenvalue weighted by Crippen LogP contribution is -2.06. The molecule has 0 radical (unpaired) electrons. The van der Waals surface area contributed by atoms with Gasteiger partial charge in [0.2, 0.25) is 5.95 Å². The van der Waals surface area contributed by atoms with Gasteiger partial charge in [-0.15, -0.1) is 0 Å². The Kier molecular flexibility index (Phi) is 4.07. The van der Waals surface area contributed by atoms with Crippen molar-refractivity contribution in [2.24, 2.45) is 0 Å². The maximum absolute atomic E-state index is 5.65. The zero-order valence-corrected chi connectivity index (χ0v) is 10.8. The van der Waals surface area contributed by atoms with Gasteiger partial charge in [0.25, 0.3) is 0 Å². The largest absolute Gasteiger partial charge is 0.494 e. The Bertz CT molecular complexity index is 562. The van der Waals surface area contributed by atoms with E-state index in [1.165, 1.54) is 0 Å². The zero-order valence-electron chi connectivity index (χ0n) is 10.8. The van der Waals surface area contributed by atoms with Crippen LogP contribution in [0.2, 0.25) is 0 Å². The summed E-state index contributed by atoms with van der Waals surface area (Å²) in [4.78, 5) is 16.3. The number of nitrogen functional groups attached to an aromatic ring is 1. The van der Waals surface area contributed by atoms with E-state index in [2.05, 4.69) is 19.9 Å². The molecule has 0 aliphatic rings. The van der Waals surface area contributed by atoms with Gasteiger partial charge in [-0.25, -0.2) is 4.98 Å². The standard InChI is InChI=1S/C12H15N5O2/c1-3-7-19-12-16-10(15-11(13)17-12)9-8(18-2)5-4-6-14-9/h4-6H,3,7H2,1-2H3,(H2,13,15,16,17). The summed E-state index contributed by atoms with van der Waals surface area (Å²) in [5.74, 6) is 0.981. The summed E-state index contributed by atoms with van der Waals surface area (Å²) >= 11 is 0. The van der Waals surface area contributed by atoms with E-state index in [9.17, 15) is 0 Å². The van der Waals surface area contributed by atoms with Crippen LogP contribution in [0.3, 0.4) is 0 Å². The van der Waals surface area contributed by atoms with Gasteiger partial charge in [0.15, 0.2) is 5.82 Å². The molecule has 2 aromatic rings. The van der Waals surface area contributed by atoms with E-state index in [1.54, 1.807) is 25.4 Å². The van der Waals surface area contributed by atoms with E-state index < -0.39 is 0 Å². The number of nitrogens with two attached hydrogens (primary N) is 1. The highest BCUT2D eigenvalue weighted by Gasteiger charge is 2.13. The highest BCUT2D eigenvalue weighted by atomic mass is 16.5. The molecule has 100 valence electrons. The number of rotatable bonds is 5. The average Bonchev–Trinajstić information content (AvgIpc) is 2.44. The molecule has 2 rings (SSSR count). The lowest BCUT2D eigenvalue weighted by molar-refractivity contribution is 0.292. The number of aromatic nitrogens is 4. The number of anilines is 1. The summed E-state index contributed by atoms with van der Waals surface area (Å²) in [6.45, 7) is 2.51. The van der Waals surface area contributed by atoms with Gasteiger partial charge in [-0.3, -0.25) is 0 Å². The molecule has 0 saturated carbocycles. The maximum Gasteiger partial charge on any atom is 0.321 e. The number of pyridine rings is 1. The lowest BCUT2D eigenvalue weighted by Gasteiger charge is -2.08. The smallest absolute Gasteiger partial charge is 0.321 e. The van der Waals surface area contributed by atoms with Crippen LogP contribution in [0.4, 0.5) is 5.95 Å². The van der Waals surface area contributed by atoms with E-state index in [0.717, 1.165) is 6.42 Å². The topological polar surface area (TPSA) is 96.0 Å². The van der Waals surface area contributed by atoms with Crippen LogP contribution in [0.5, 0.6) is 11.8 Å². The molecular weight excluding hydrogens is 246 g/mol. The van der Waals surface area contributed by atoms with Gasteiger partial charge in [0, 0.05) is 6.20 Å². The van der Waals surface area contributed by atoms with Gasteiger partial charge in [-0.05, 0) is 18.6 Å². The van der Waals surface area contributed by atoms with Gasteiger partial charge in [0.1, 0.15) is 11.4 Å². The van der Waals surface area contributed by atoms with E-state index in [1.807, 2.05) is 6.92 Å². The average molecular weight is 261 g/mol. The summed E-state index contributed by atoms with van der Waals surface area (Å²) in [6.07, 6.45) is 2.48. The van der Waals surface area contributed by atoms with Crippen molar-refractivity contribution in [3.8, 4) is 23.3 Å². The molecule has 0 aromatic carbocycles. The van der Waals surface area contributed by atoms with E-state index >= 15 is 0 Å². The molecule has 7 heteroatoms. The molecule has 0 aliphatic heterocycles. The van der Waals surface area contributed by atoms with Crippen molar-refractivity contribution in [3.05, 3.63) is 18.3 Å². The molecule has 0 saturated heterocycles. The molecule has 19 heavy (non-hydrogen) atoms. The van der Waals surface area contributed by atoms with E-state index in [-0.39, 0.29) is 12.0 Å². The minimum absolute atomic E-state index is 0.0869. The number of ether oxygens (including phenoxy) is 2. The van der Waals surface area contributed by atoms with Crippen LogP contribution in [0, 0.1) is 0 Å². The molecular formula is C12H15N5O2. The maximum atomic E-state index is 5.65. The second-order valence-electron chi connectivity index (χ2n) is 3.70. The van der Waals surface area contributed by atoms with Crippen LogP contribution in [-0.4, -0.2) is 33.7 Å². The first kappa shape index (κ1) is 13.0. The van der Waals surface area contributed by atoms with Crippen molar-refractivity contribution >= 4 is 5.95 Å². The minimum Gasteiger partial charge on any atom is -0.494 e. The SMILES string of the molecule is CCCOc1nc(N)nc(-c2ncccc2OC)n1. The summed E-state index contributed by atoms with van der Waals surface area (Å²) < 4.78 is 10.6. The number of nitrogens with zero attached hydrogens (tertiary/aromatic N) is 4. The van der Waals surface area contributed by atoms with Crippen LogP contribution in [0.15, 0.2) is 18.3 Å². The molecule has 0 amide bonds. The van der Waals surface area contributed by atoms with Crippen LogP contribution in [-0.2, 0) is 0 Å². The summed E-state index contributed by atoms with van der Waals surface area (Å²) in [6, 6.07) is 3.73. The Morgan fingerprint density at radius 1 is 1.26 bits per heavy atom. The molecule has 7 nitrogen and oxygen atoms in total. The van der Waals surface area contributed by atoms with Crippen LogP contribution < -0.4 is 15.2 Å². The molecule has 0 fully saturated rings. The Labute approximate surface area is 110 Å². The second-order valence-corrected chi connectivity index (χ2v) is 3.70. The van der Waals surface area contributed by atoms with Crippen molar-refractivity contribution < 1.29 is 9.47 Å². The summed E-state index contributed by atoms with van der Waals surface area (Å²) in [7, 11) is 1.56. The zero-order chi connectivity index (χ0) is 13.7. The number of hydrogen-bond donors (Lipinski definition) is 1. The van der Waals surface area contributed by atoms with Crippen LogP contribution >= 0.6 is 0 Å². The highest BCUT2D eigenvalue weighted by molar-refractivity contribution is 5.59. The molecule has 0 atom stereocenters. The first-order valence-electron chi connectivity index (χ1n) is 5.88. The third-order valence-corrected chi connectivity index (χ3v) is 2.27. The molecule has 2 N–H and O–H groups in total. The number of methoxy groups -OCH3 is 1. The minimum atomic E-state index is 0.0869. The molecule has 2 aromatic heterocycles. The molecule has 0 spiro atoms. The van der Waals surface area contributed by atoms with Crippen molar-refractivity contribution in [2.75, 3.05) is 19.5 Å². The summed E-state index contributed by atoms with van der Waals surface area (Å²) in [5, 5.41) is 0. The van der Waals surface area contributed by atoms with Gasteiger partial charge >= 0.3 is 6.01 Å².